The van der Waals surface area contributed by atoms with E-state index in [4.69, 9.17) is 9.97 Å². The van der Waals surface area contributed by atoms with Crippen molar-refractivity contribution in [3.05, 3.63) is 127 Å². The fourth-order valence-electron chi connectivity index (χ4n) is 5.76. The van der Waals surface area contributed by atoms with Crippen molar-refractivity contribution < 1.29 is 0 Å². The third-order valence-corrected chi connectivity index (χ3v) is 9.09. The average Bonchev–Trinajstić information content (AvgIpc) is 3.39. The van der Waals surface area contributed by atoms with Gasteiger partial charge in [-0.05, 0) is 50.9 Å². The van der Waals surface area contributed by atoms with Crippen molar-refractivity contribution in [2.24, 2.45) is 0 Å². The number of thiophene rings is 1. The van der Waals surface area contributed by atoms with Gasteiger partial charge in [0.2, 0.25) is 0 Å². The first-order chi connectivity index (χ1) is 19.6. The van der Waals surface area contributed by atoms with Gasteiger partial charge in [0.15, 0.2) is 5.82 Å². The molecular formula is C37H24N2S. The highest BCUT2D eigenvalue weighted by Gasteiger charge is 2.18. The number of hydrogen-bond donors (Lipinski definition) is 0. The summed E-state index contributed by atoms with van der Waals surface area (Å²) in [4.78, 5) is 10.4. The molecule has 8 aromatic rings. The highest BCUT2D eigenvalue weighted by Crippen LogP contribution is 2.43. The van der Waals surface area contributed by atoms with Gasteiger partial charge in [-0.15, -0.1) is 11.3 Å². The molecule has 0 saturated heterocycles. The maximum atomic E-state index is 5.24. The van der Waals surface area contributed by atoms with E-state index in [1.807, 2.05) is 6.92 Å². The first kappa shape index (κ1) is 23.1. The molecule has 0 amide bonds. The molecule has 2 nitrogen and oxygen atoms in total. The second-order valence-corrected chi connectivity index (χ2v) is 11.4. The van der Waals surface area contributed by atoms with Crippen LogP contribution in [0.3, 0.4) is 0 Å². The standard InChI is InChI=1S/C37H24N2S/c1-22(2)23-11-14-26(15-12-23)37-38-33(28-18-19-30-27(21-28)16-13-24-7-3-5-9-29(24)30)36-34(39-37)32-20-17-25-8-4-6-10-31(25)35(32)40-36/h3-21H,1H2,2H3. The monoisotopic (exact) mass is 528 g/mol. The molecule has 0 atom stereocenters. The molecule has 2 aromatic heterocycles. The minimum Gasteiger partial charge on any atom is -0.226 e. The Bertz CT molecular complexity index is 2290. The summed E-state index contributed by atoms with van der Waals surface area (Å²) < 4.78 is 2.37. The smallest absolute Gasteiger partial charge is 0.160 e. The predicted molar refractivity (Wildman–Crippen MR) is 173 cm³/mol. The lowest BCUT2D eigenvalue weighted by Crippen LogP contribution is -1.94. The molecule has 8 rings (SSSR count). The van der Waals surface area contributed by atoms with Crippen LogP contribution >= 0.6 is 11.3 Å². The van der Waals surface area contributed by atoms with Crippen molar-refractivity contribution in [1.29, 1.82) is 0 Å². The van der Waals surface area contributed by atoms with Gasteiger partial charge in [-0.1, -0.05) is 121 Å². The third kappa shape index (κ3) is 3.55. The second kappa shape index (κ2) is 8.84. The Balaban J connectivity index is 1.43. The Morgan fingerprint density at radius 2 is 1.20 bits per heavy atom. The summed E-state index contributed by atoms with van der Waals surface area (Å²) in [6.45, 7) is 6.12. The molecule has 3 heteroatoms. The third-order valence-electron chi connectivity index (χ3n) is 7.86. The van der Waals surface area contributed by atoms with Gasteiger partial charge in [-0.2, -0.15) is 0 Å². The zero-order chi connectivity index (χ0) is 26.8. The number of fused-ring (bicyclic) bond motifs is 8. The topological polar surface area (TPSA) is 25.8 Å². The van der Waals surface area contributed by atoms with E-state index < -0.39 is 0 Å². The van der Waals surface area contributed by atoms with Gasteiger partial charge in [0.25, 0.3) is 0 Å². The van der Waals surface area contributed by atoms with Gasteiger partial charge >= 0.3 is 0 Å². The molecule has 2 heterocycles. The lowest BCUT2D eigenvalue weighted by molar-refractivity contribution is 1.24. The number of benzene rings is 6. The maximum Gasteiger partial charge on any atom is 0.160 e. The molecule has 0 spiro atoms. The van der Waals surface area contributed by atoms with Crippen molar-refractivity contribution in [2.45, 2.75) is 6.92 Å². The van der Waals surface area contributed by atoms with E-state index in [1.54, 1.807) is 11.3 Å². The zero-order valence-corrected chi connectivity index (χ0v) is 22.8. The van der Waals surface area contributed by atoms with Gasteiger partial charge in [0.05, 0.1) is 15.9 Å². The number of rotatable bonds is 3. The summed E-state index contributed by atoms with van der Waals surface area (Å²) in [6, 6.07) is 41.1. The molecule has 0 aliphatic rings. The van der Waals surface area contributed by atoms with Crippen molar-refractivity contribution in [2.75, 3.05) is 0 Å². The number of hydrogen-bond acceptors (Lipinski definition) is 3. The fraction of sp³-hybridized carbons (Fsp3) is 0.0270. The summed E-state index contributed by atoms with van der Waals surface area (Å²) in [5, 5.41) is 8.66. The highest BCUT2D eigenvalue weighted by molar-refractivity contribution is 7.27. The van der Waals surface area contributed by atoms with Crippen molar-refractivity contribution in [3.8, 4) is 22.6 Å². The van der Waals surface area contributed by atoms with E-state index in [-0.39, 0.29) is 0 Å². The number of aromatic nitrogens is 2. The quantitative estimate of drug-likeness (QED) is 0.213. The van der Waals surface area contributed by atoms with Crippen LogP contribution in [0.2, 0.25) is 0 Å². The predicted octanol–water partition coefficient (Wildman–Crippen LogP) is 10.7. The second-order valence-electron chi connectivity index (χ2n) is 10.4. The Kier molecular flexibility index (Phi) is 5.10. The molecule has 188 valence electrons. The van der Waals surface area contributed by atoms with E-state index in [0.29, 0.717) is 0 Å². The fourth-order valence-corrected chi connectivity index (χ4v) is 7.05. The molecule has 0 N–H and O–H groups in total. The Hall–Kier alpha value is -4.86. The van der Waals surface area contributed by atoms with E-state index in [1.165, 1.54) is 42.4 Å². The first-order valence-corrected chi connectivity index (χ1v) is 14.3. The van der Waals surface area contributed by atoms with Crippen LogP contribution in [-0.4, -0.2) is 9.97 Å². The van der Waals surface area contributed by atoms with Crippen molar-refractivity contribution in [1.82, 2.24) is 9.97 Å². The van der Waals surface area contributed by atoms with E-state index in [9.17, 15) is 0 Å². The summed E-state index contributed by atoms with van der Waals surface area (Å²) in [7, 11) is 0. The molecule has 0 unspecified atom stereocenters. The highest BCUT2D eigenvalue weighted by atomic mass is 32.1. The largest absolute Gasteiger partial charge is 0.226 e. The molecule has 0 aliphatic carbocycles. The van der Waals surface area contributed by atoms with Gasteiger partial charge in [-0.3, -0.25) is 0 Å². The van der Waals surface area contributed by atoms with Gasteiger partial charge in [0.1, 0.15) is 0 Å². The Labute approximate surface area is 235 Å². The zero-order valence-electron chi connectivity index (χ0n) is 22.0. The first-order valence-electron chi connectivity index (χ1n) is 13.4. The van der Waals surface area contributed by atoms with Crippen LogP contribution in [0.15, 0.2) is 122 Å². The van der Waals surface area contributed by atoms with Crippen LogP contribution < -0.4 is 0 Å². The van der Waals surface area contributed by atoms with Crippen molar-refractivity contribution >= 4 is 69.5 Å². The number of allylic oxidation sites excluding steroid dienone is 1. The molecule has 0 aliphatic heterocycles. The summed E-state index contributed by atoms with van der Waals surface area (Å²) in [5.74, 6) is 0.738. The lowest BCUT2D eigenvalue weighted by Gasteiger charge is -2.10. The molecule has 0 radical (unpaired) electrons. The van der Waals surface area contributed by atoms with E-state index in [2.05, 4.69) is 122 Å². The summed E-state index contributed by atoms with van der Waals surface area (Å²) >= 11 is 1.79. The summed E-state index contributed by atoms with van der Waals surface area (Å²) in [6.07, 6.45) is 0. The van der Waals surface area contributed by atoms with Gasteiger partial charge in [-0.25, -0.2) is 9.97 Å². The normalized spacial score (nSPS) is 11.7. The summed E-state index contributed by atoms with van der Waals surface area (Å²) in [5.41, 5.74) is 6.26. The number of nitrogens with zero attached hydrogens (tertiary/aromatic N) is 2. The Morgan fingerprint density at radius 1 is 0.575 bits per heavy atom. The minimum absolute atomic E-state index is 0.738. The van der Waals surface area contributed by atoms with Crippen LogP contribution in [0, 0.1) is 0 Å². The minimum atomic E-state index is 0.738. The molecule has 0 saturated carbocycles. The van der Waals surface area contributed by atoms with Crippen LogP contribution in [-0.2, 0) is 0 Å². The Morgan fingerprint density at radius 3 is 2.00 bits per heavy atom. The van der Waals surface area contributed by atoms with Crippen LogP contribution in [0.4, 0.5) is 0 Å². The van der Waals surface area contributed by atoms with Gasteiger partial charge in [0, 0.05) is 21.2 Å². The van der Waals surface area contributed by atoms with Crippen LogP contribution in [0.25, 0.3) is 80.8 Å². The molecule has 40 heavy (non-hydrogen) atoms. The molecule has 6 aromatic carbocycles. The van der Waals surface area contributed by atoms with E-state index >= 15 is 0 Å². The molecular weight excluding hydrogens is 504 g/mol. The van der Waals surface area contributed by atoms with E-state index in [0.717, 1.165) is 44.0 Å². The van der Waals surface area contributed by atoms with Crippen molar-refractivity contribution in [3.63, 3.8) is 0 Å². The molecule has 0 fully saturated rings. The SMILES string of the molecule is C=C(C)c1ccc(-c2nc(-c3ccc4c(ccc5ccccc54)c3)c3sc4c5ccccc5ccc4c3n2)cc1. The van der Waals surface area contributed by atoms with Crippen LogP contribution in [0.1, 0.15) is 12.5 Å². The average molecular weight is 529 g/mol. The van der Waals surface area contributed by atoms with Gasteiger partial charge < -0.3 is 0 Å². The van der Waals surface area contributed by atoms with Crippen LogP contribution in [0.5, 0.6) is 0 Å². The molecule has 0 bridgehead atoms. The maximum absolute atomic E-state index is 5.24. The lowest BCUT2D eigenvalue weighted by atomic mass is 9.99.